The van der Waals surface area contributed by atoms with Crippen LogP contribution in [0.3, 0.4) is 0 Å². The van der Waals surface area contributed by atoms with E-state index in [-0.39, 0.29) is 30.3 Å². The largest absolute Gasteiger partial charge is 0.497 e. The van der Waals surface area contributed by atoms with Crippen molar-refractivity contribution in [1.82, 2.24) is 5.16 Å². The number of aromatic nitrogens is 1. The average Bonchev–Trinajstić information content (AvgIpc) is 3.68. The number of aliphatic carboxylic acids is 1. The quantitative estimate of drug-likeness (QED) is 0.341. The minimum Gasteiger partial charge on any atom is -0.497 e. The lowest BCUT2D eigenvalue weighted by Crippen LogP contribution is -2.07. The molecule has 0 atom stereocenters. The van der Waals surface area contributed by atoms with Crippen LogP contribution in [0, 0.1) is 11.7 Å². The van der Waals surface area contributed by atoms with E-state index in [2.05, 4.69) is 5.16 Å². The zero-order chi connectivity index (χ0) is 25.2. The summed E-state index contributed by atoms with van der Waals surface area (Å²) in [5.74, 6) is 0.387. The van der Waals surface area contributed by atoms with Gasteiger partial charge in [0.15, 0.2) is 11.4 Å². The van der Waals surface area contributed by atoms with E-state index in [9.17, 15) is 9.18 Å². The fourth-order valence-corrected chi connectivity index (χ4v) is 2.98. The fourth-order valence-electron chi connectivity index (χ4n) is 2.98. The predicted molar refractivity (Wildman–Crippen MR) is 129 cm³/mol. The summed E-state index contributed by atoms with van der Waals surface area (Å²) in [6, 6.07) is 11.5. The number of hydrogen-bond donors (Lipinski definition) is 1. The molecule has 0 spiro atoms. The van der Waals surface area contributed by atoms with Gasteiger partial charge in [0.25, 0.3) is 0 Å². The molecule has 0 radical (unpaired) electrons. The van der Waals surface area contributed by atoms with Gasteiger partial charge in [-0.2, -0.15) is 0 Å². The molecule has 1 aromatic heterocycles. The predicted octanol–water partition coefficient (Wildman–Crippen LogP) is 6.29. The Labute approximate surface area is 204 Å². The SMILES string of the molecule is C1CC1.COc1ccc(F)c(-c2onc(COc3cccc(CCC(=O)O)c3)c2OCC(C)C)c1. The maximum absolute atomic E-state index is 14.5. The van der Waals surface area contributed by atoms with Crippen molar-refractivity contribution in [2.24, 2.45) is 5.92 Å². The standard InChI is InChI=1S/C24H26FNO6.C3H6/c1-15(2)13-31-24-21(14-30-18-6-4-5-16(11-18)7-10-22(27)28)26-32-23(24)19-12-17(29-3)8-9-20(19)25;1-2-3-1/h4-6,8-9,11-12,15H,7,10,13-14H2,1-3H3,(H,27,28);1-3H2. The number of halogens is 1. The van der Waals surface area contributed by atoms with Crippen molar-refractivity contribution in [1.29, 1.82) is 0 Å². The zero-order valence-electron chi connectivity index (χ0n) is 20.4. The zero-order valence-corrected chi connectivity index (χ0v) is 20.4. The van der Waals surface area contributed by atoms with E-state index < -0.39 is 11.8 Å². The van der Waals surface area contributed by atoms with Gasteiger partial charge < -0.3 is 23.8 Å². The molecule has 8 heteroatoms. The second-order valence-electron chi connectivity index (χ2n) is 8.73. The summed E-state index contributed by atoms with van der Waals surface area (Å²) in [5, 5.41) is 12.9. The second kappa shape index (κ2) is 12.8. The molecule has 0 saturated heterocycles. The molecule has 1 aliphatic carbocycles. The number of nitrogens with zero attached hydrogens (tertiary/aromatic N) is 1. The van der Waals surface area contributed by atoms with Crippen LogP contribution >= 0.6 is 0 Å². The summed E-state index contributed by atoms with van der Waals surface area (Å²) in [6.45, 7) is 4.42. The van der Waals surface area contributed by atoms with Gasteiger partial charge in [-0.3, -0.25) is 4.79 Å². The van der Waals surface area contributed by atoms with Gasteiger partial charge in [0.05, 0.1) is 19.3 Å². The Hall–Kier alpha value is -3.55. The molecule has 1 N–H and O–H groups in total. The van der Waals surface area contributed by atoms with Gasteiger partial charge in [0.2, 0.25) is 5.76 Å². The smallest absolute Gasteiger partial charge is 0.303 e. The van der Waals surface area contributed by atoms with Gasteiger partial charge >= 0.3 is 5.97 Å². The van der Waals surface area contributed by atoms with Crippen molar-refractivity contribution in [3.8, 4) is 28.6 Å². The third-order valence-corrected chi connectivity index (χ3v) is 4.95. The summed E-state index contributed by atoms with van der Waals surface area (Å²) in [6.07, 6.45) is 4.94. The van der Waals surface area contributed by atoms with E-state index in [0.717, 1.165) is 5.56 Å². The normalized spacial score (nSPS) is 12.0. The van der Waals surface area contributed by atoms with Crippen molar-refractivity contribution < 1.29 is 33.0 Å². The molecule has 188 valence electrons. The molecule has 4 rings (SSSR count). The van der Waals surface area contributed by atoms with E-state index >= 15 is 0 Å². The van der Waals surface area contributed by atoms with E-state index in [4.69, 9.17) is 23.8 Å². The summed E-state index contributed by atoms with van der Waals surface area (Å²) >= 11 is 0. The lowest BCUT2D eigenvalue weighted by Gasteiger charge is -2.11. The van der Waals surface area contributed by atoms with Crippen LogP contribution in [0.25, 0.3) is 11.3 Å². The highest BCUT2D eigenvalue weighted by atomic mass is 19.1. The number of ether oxygens (including phenoxy) is 3. The van der Waals surface area contributed by atoms with E-state index in [1.807, 2.05) is 19.9 Å². The monoisotopic (exact) mass is 485 g/mol. The second-order valence-corrected chi connectivity index (χ2v) is 8.73. The van der Waals surface area contributed by atoms with Gasteiger partial charge in [0.1, 0.15) is 23.9 Å². The number of benzene rings is 2. The number of methoxy groups -OCH3 is 1. The molecule has 1 heterocycles. The highest BCUT2D eigenvalue weighted by Crippen LogP contribution is 2.37. The van der Waals surface area contributed by atoms with Crippen molar-refractivity contribution in [2.75, 3.05) is 13.7 Å². The van der Waals surface area contributed by atoms with Crippen LogP contribution in [0.5, 0.6) is 17.2 Å². The minimum absolute atomic E-state index is 0.0326. The molecule has 1 fully saturated rings. The summed E-state index contributed by atoms with van der Waals surface area (Å²) < 4.78 is 36.9. The minimum atomic E-state index is -0.858. The molecule has 0 amide bonds. The molecule has 3 aromatic rings. The first-order valence-electron chi connectivity index (χ1n) is 11.8. The molecular weight excluding hydrogens is 453 g/mol. The summed E-state index contributed by atoms with van der Waals surface area (Å²) in [7, 11) is 1.50. The Morgan fingerprint density at radius 2 is 1.89 bits per heavy atom. The van der Waals surface area contributed by atoms with Crippen LogP contribution < -0.4 is 14.2 Å². The first kappa shape index (κ1) is 26.1. The van der Waals surface area contributed by atoms with Crippen LogP contribution in [0.4, 0.5) is 4.39 Å². The Bertz CT molecular complexity index is 1110. The van der Waals surface area contributed by atoms with Crippen LogP contribution in [0.1, 0.15) is 50.8 Å². The molecular formula is C27H32FNO6. The Balaban J connectivity index is 0.00000106. The number of carboxylic acid groups (broad SMARTS) is 1. The highest BCUT2D eigenvalue weighted by molar-refractivity contribution is 5.68. The first-order chi connectivity index (χ1) is 16.9. The third-order valence-electron chi connectivity index (χ3n) is 4.95. The molecule has 0 aliphatic heterocycles. The molecule has 1 saturated carbocycles. The average molecular weight is 486 g/mol. The van der Waals surface area contributed by atoms with Crippen molar-refractivity contribution in [3.05, 3.63) is 59.5 Å². The summed E-state index contributed by atoms with van der Waals surface area (Å²) in [4.78, 5) is 10.8. The number of rotatable bonds is 11. The number of carbonyl (C=O) groups is 1. The van der Waals surface area contributed by atoms with Gasteiger partial charge in [-0.15, -0.1) is 0 Å². The number of carboxylic acids is 1. The van der Waals surface area contributed by atoms with Gasteiger partial charge in [0, 0.05) is 6.42 Å². The van der Waals surface area contributed by atoms with E-state index in [0.29, 0.717) is 36.0 Å². The van der Waals surface area contributed by atoms with Crippen LogP contribution in [-0.4, -0.2) is 29.9 Å². The van der Waals surface area contributed by atoms with Gasteiger partial charge in [-0.05, 0) is 48.2 Å². The number of aryl methyl sites for hydroxylation is 1. The maximum atomic E-state index is 14.5. The van der Waals surface area contributed by atoms with Crippen LogP contribution in [0.2, 0.25) is 0 Å². The van der Waals surface area contributed by atoms with Gasteiger partial charge in [-0.25, -0.2) is 4.39 Å². The Kier molecular flexibility index (Phi) is 9.52. The van der Waals surface area contributed by atoms with E-state index in [1.165, 1.54) is 44.6 Å². The molecule has 7 nitrogen and oxygen atoms in total. The summed E-state index contributed by atoms with van der Waals surface area (Å²) in [5.41, 5.74) is 1.41. The molecule has 2 aromatic carbocycles. The van der Waals surface area contributed by atoms with Gasteiger partial charge in [-0.1, -0.05) is 50.4 Å². The fraction of sp³-hybridized carbons (Fsp3) is 0.407. The van der Waals surface area contributed by atoms with E-state index in [1.54, 1.807) is 18.2 Å². The maximum Gasteiger partial charge on any atom is 0.303 e. The van der Waals surface area contributed by atoms with Crippen LogP contribution in [0.15, 0.2) is 47.0 Å². The lowest BCUT2D eigenvalue weighted by atomic mass is 10.1. The first-order valence-corrected chi connectivity index (χ1v) is 11.8. The number of hydrogen-bond acceptors (Lipinski definition) is 6. The molecule has 0 bridgehead atoms. The van der Waals surface area contributed by atoms with Crippen LogP contribution in [-0.2, 0) is 17.8 Å². The topological polar surface area (TPSA) is 91.0 Å². The Morgan fingerprint density at radius 1 is 1.11 bits per heavy atom. The van der Waals surface area contributed by atoms with Crippen molar-refractivity contribution in [3.63, 3.8) is 0 Å². The third kappa shape index (κ3) is 8.31. The van der Waals surface area contributed by atoms with Crippen molar-refractivity contribution in [2.45, 2.75) is 52.6 Å². The highest BCUT2D eigenvalue weighted by Gasteiger charge is 2.23. The Morgan fingerprint density at radius 3 is 2.54 bits per heavy atom. The molecule has 1 aliphatic rings. The van der Waals surface area contributed by atoms with Crippen molar-refractivity contribution >= 4 is 5.97 Å². The lowest BCUT2D eigenvalue weighted by molar-refractivity contribution is -0.136. The molecule has 35 heavy (non-hydrogen) atoms. The molecule has 0 unspecified atom stereocenters.